The van der Waals surface area contributed by atoms with E-state index in [0.717, 1.165) is 44.2 Å². The SMILES string of the molecule is CC(C)[C@@H]1CC[C@@H](C)C[C@H]1OP(=O)(O[C@@H]1C[C@H](C)CC[C@H]1C(C)C)[C@@H](O)c1ccc(N(C)C)cc1. The molecule has 0 aliphatic heterocycles. The average Bonchev–Trinajstić information content (AvgIpc) is 2.78. The molecule has 0 spiro atoms. The third-order valence-electron chi connectivity index (χ3n) is 8.49. The number of hydrogen-bond acceptors (Lipinski definition) is 5. The summed E-state index contributed by atoms with van der Waals surface area (Å²) < 4.78 is 27.8. The van der Waals surface area contributed by atoms with E-state index >= 15 is 0 Å². The topological polar surface area (TPSA) is 59.0 Å². The molecule has 3 rings (SSSR count). The lowest BCUT2D eigenvalue weighted by Crippen LogP contribution is -2.37. The van der Waals surface area contributed by atoms with Gasteiger partial charge in [-0.2, -0.15) is 0 Å². The number of aliphatic hydroxyl groups is 1. The zero-order valence-electron chi connectivity index (χ0n) is 23.3. The Bertz CT molecular complexity index is 802. The van der Waals surface area contributed by atoms with Crippen LogP contribution >= 0.6 is 7.60 Å². The maximum atomic E-state index is 14.7. The van der Waals surface area contributed by atoms with Gasteiger partial charge in [-0.1, -0.05) is 66.5 Å². The Morgan fingerprint density at radius 1 is 0.829 bits per heavy atom. The second-order valence-corrected chi connectivity index (χ2v) is 14.3. The molecule has 0 bridgehead atoms. The van der Waals surface area contributed by atoms with Gasteiger partial charge in [0.15, 0.2) is 5.85 Å². The largest absolute Gasteiger partial charge is 0.378 e. The molecule has 1 aromatic rings. The minimum Gasteiger partial charge on any atom is -0.378 e. The zero-order valence-corrected chi connectivity index (χ0v) is 24.2. The standard InChI is InChI=1S/C29H50NO4P/c1-19(2)25-15-9-21(5)17-27(25)33-35(32,29(31)23-11-13-24(14-12-23)30(7)8)34-28-18-22(6)10-16-26(28)20(3)4/h11-14,19-22,25-29,31H,9-10,15-18H2,1-8H3/t21-,22-,25+,26+,27-,28-,29-/m1/s1. The summed E-state index contributed by atoms with van der Waals surface area (Å²) in [5, 5.41) is 11.6. The smallest absolute Gasteiger partial charge is 0.363 e. The van der Waals surface area contributed by atoms with E-state index in [2.05, 4.69) is 41.5 Å². The van der Waals surface area contributed by atoms with Crippen molar-refractivity contribution in [3.63, 3.8) is 0 Å². The van der Waals surface area contributed by atoms with Gasteiger partial charge in [0.2, 0.25) is 0 Å². The van der Waals surface area contributed by atoms with Crippen molar-refractivity contribution in [2.24, 2.45) is 35.5 Å². The van der Waals surface area contributed by atoms with Crippen LogP contribution < -0.4 is 4.90 Å². The minimum atomic E-state index is -3.87. The quantitative estimate of drug-likeness (QED) is 0.344. The zero-order chi connectivity index (χ0) is 25.9. The molecule has 2 aliphatic rings. The summed E-state index contributed by atoms with van der Waals surface area (Å²) in [5.41, 5.74) is 1.62. The molecule has 0 amide bonds. The van der Waals surface area contributed by atoms with Gasteiger partial charge in [0, 0.05) is 19.8 Å². The van der Waals surface area contributed by atoms with Crippen molar-refractivity contribution >= 4 is 13.3 Å². The van der Waals surface area contributed by atoms with Crippen molar-refractivity contribution in [2.75, 3.05) is 19.0 Å². The highest BCUT2D eigenvalue weighted by Crippen LogP contribution is 2.64. The maximum Gasteiger partial charge on any atom is 0.363 e. The average molecular weight is 508 g/mol. The number of aliphatic hydroxyl groups excluding tert-OH is 1. The molecule has 0 aromatic heterocycles. The lowest BCUT2D eigenvalue weighted by Gasteiger charge is -2.42. The van der Waals surface area contributed by atoms with Gasteiger partial charge in [-0.15, -0.1) is 0 Å². The van der Waals surface area contributed by atoms with Crippen molar-refractivity contribution in [1.82, 2.24) is 0 Å². The Hall–Kier alpha value is -0.870. The molecule has 200 valence electrons. The monoisotopic (exact) mass is 507 g/mol. The molecule has 2 saturated carbocycles. The highest BCUT2D eigenvalue weighted by atomic mass is 31.2. The molecular formula is C29H50NO4P. The summed E-state index contributed by atoms with van der Waals surface area (Å²) in [6, 6.07) is 7.60. The van der Waals surface area contributed by atoms with Crippen molar-refractivity contribution in [2.45, 2.75) is 98.1 Å². The first-order valence-electron chi connectivity index (χ1n) is 13.8. The minimum absolute atomic E-state index is 0.168. The summed E-state index contributed by atoms with van der Waals surface area (Å²) >= 11 is 0. The molecule has 0 heterocycles. The Labute approximate surface area is 214 Å². The number of anilines is 1. The Morgan fingerprint density at radius 2 is 1.26 bits per heavy atom. The van der Waals surface area contributed by atoms with Gasteiger partial charge in [0.1, 0.15) is 0 Å². The van der Waals surface area contributed by atoms with Crippen LogP contribution in [-0.2, 0) is 13.6 Å². The Kier molecular flexibility index (Phi) is 9.93. The fourth-order valence-electron chi connectivity index (χ4n) is 6.12. The molecule has 1 N–H and O–H groups in total. The van der Waals surface area contributed by atoms with Crippen molar-refractivity contribution < 1.29 is 18.7 Å². The summed E-state index contributed by atoms with van der Waals surface area (Å²) in [4.78, 5) is 2.01. The van der Waals surface area contributed by atoms with E-state index in [1.54, 1.807) is 0 Å². The molecule has 0 radical (unpaired) electrons. The normalized spacial score (nSPS) is 31.1. The van der Waals surface area contributed by atoms with Crippen LogP contribution in [0.2, 0.25) is 0 Å². The van der Waals surface area contributed by atoms with Crippen LogP contribution in [0, 0.1) is 35.5 Å². The van der Waals surface area contributed by atoms with E-state index < -0.39 is 13.4 Å². The molecule has 0 unspecified atom stereocenters. The summed E-state index contributed by atoms with van der Waals surface area (Å²) in [5.74, 6) is 1.21. The van der Waals surface area contributed by atoms with Gasteiger partial charge in [0.05, 0.1) is 12.2 Å². The van der Waals surface area contributed by atoms with Crippen molar-refractivity contribution in [3.8, 4) is 0 Å². The van der Waals surface area contributed by atoms with E-state index in [1.165, 1.54) is 0 Å². The molecule has 0 saturated heterocycles. The fraction of sp³-hybridized carbons (Fsp3) is 0.793. The number of nitrogens with zero attached hydrogens (tertiary/aromatic N) is 1. The van der Waals surface area contributed by atoms with Gasteiger partial charge < -0.3 is 19.1 Å². The lowest BCUT2D eigenvalue weighted by atomic mass is 9.75. The van der Waals surface area contributed by atoms with Gasteiger partial charge >= 0.3 is 7.60 Å². The Morgan fingerprint density at radius 3 is 1.63 bits per heavy atom. The molecular weight excluding hydrogens is 457 g/mol. The Balaban J connectivity index is 1.95. The van der Waals surface area contributed by atoms with E-state index in [-0.39, 0.29) is 12.2 Å². The second-order valence-electron chi connectivity index (χ2n) is 12.3. The predicted octanol–water partition coefficient (Wildman–Crippen LogP) is 7.89. The van der Waals surface area contributed by atoms with Crippen LogP contribution in [0.3, 0.4) is 0 Å². The third-order valence-corrected chi connectivity index (χ3v) is 10.5. The second kappa shape index (κ2) is 12.1. The van der Waals surface area contributed by atoms with Crippen molar-refractivity contribution in [3.05, 3.63) is 29.8 Å². The van der Waals surface area contributed by atoms with Crippen LogP contribution in [0.5, 0.6) is 0 Å². The summed E-state index contributed by atoms with van der Waals surface area (Å²) in [7, 11) is 0.0893. The van der Waals surface area contributed by atoms with Crippen LogP contribution in [0.25, 0.3) is 0 Å². The molecule has 35 heavy (non-hydrogen) atoms. The highest BCUT2D eigenvalue weighted by molar-refractivity contribution is 7.54. The van der Waals surface area contributed by atoms with E-state index in [0.29, 0.717) is 41.1 Å². The van der Waals surface area contributed by atoms with E-state index in [9.17, 15) is 9.67 Å². The van der Waals surface area contributed by atoms with Crippen LogP contribution in [0.1, 0.15) is 91.5 Å². The van der Waals surface area contributed by atoms with E-state index in [1.807, 2.05) is 43.3 Å². The van der Waals surface area contributed by atoms with E-state index in [4.69, 9.17) is 9.05 Å². The van der Waals surface area contributed by atoms with Gasteiger partial charge in [-0.3, -0.25) is 4.57 Å². The predicted molar refractivity (Wildman–Crippen MR) is 146 cm³/mol. The van der Waals surface area contributed by atoms with Gasteiger partial charge in [0.25, 0.3) is 0 Å². The van der Waals surface area contributed by atoms with Crippen LogP contribution in [0.15, 0.2) is 24.3 Å². The first kappa shape index (κ1) is 28.7. The fourth-order valence-corrected chi connectivity index (χ4v) is 8.17. The van der Waals surface area contributed by atoms with Crippen LogP contribution in [0.4, 0.5) is 5.69 Å². The molecule has 1 aromatic carbocycles. The first-order chi connectivity index (χ1) is 16.4. The third kappa shape index (κ3) is 7.12. The summed E-state index contributed by atoms with van der Waals surface area (Å²) in [6.07, 6.45) is 5.83. The number of benzene rings is 1. The molecule has 5 nitrogen and oxygen atoms in total. The molecule has 2 aliphatic carbocycles. The highest BCUT2D eigenvalue weighted by Gasteiger charge is 2.46. The molecule has 7 atom stereocenters. The van der Waals surface area contributed by atoms with Gasteiger partial charge in [-0.05, 0) is 78.9 Å². The maximum absolute atomic E-state index is 14.7. The number of hydrogen-bond donors (Lipinski definition) is 1. The first-order valence-corrected chi connectivity index (χ1v) is 15.4. The van der Waals surface area contributed by atoms with Crippen molar-refractivity contribution in [1.29, 1.82) is 0 Å². The molecule has 2 fully saturated rings. The lowest BCUT2D eigenvalue weighted by molar-refractivity contribution is -0.0153. The number of rotatable bonds is 9. The van der Waals surface area contributed by atoms with Crippen LogP contribution in [-0.4, -0.2) is 31.4 Å². The summed E-state index contributed by atoms with van der Waals surface area (Å²) in [6.45, 7) is 13.4. The molecule has 6 heteroatoms. The van der Waals surface area contributed by atoms with Gasteiger partial charge in [-0.25, -0.2) is 0 Å².